The smallest absolute Gasteiger partial charge is 0.192 e. The van der Waals surface area contributed by atoms with Crippen molar-refractivity contribution in [3.05, 3.63) is 71.8 Å². The molecule has 0 bridgehead atoms. The Morgan fingerprint density at radius 1 is 0.897 bits per heavy atom. The summed E-state index contributed by atoms with van der Waals surface area (Å²) < 4.78 is 39.0. The van der Waals surface area contributed by atoms with Crippen molar-refractivity contribution in [2.24, 2.45) is 0 Å². The molecule has 2 aliphatic rings. The predicted molar refractivity (Wildman–Crippen MR) is 155 cm³/mol. The first-order valence-electron chi connectivity index (χ1n) is 13.9. The van der Waals surface area contributed by atoms with Crippen LogP contribution < -0.4 is 0 Å². The summed E-state index contributed by atoms with van der Waals surface area (Å²) in [6, 6.07) is 20.2. The molecule has 0 aromatic heterocycles. The van der Waals surface area contributed by atoms with Crippen molar-refractivity contribution in [1.29, 1.82) is 0 Å². The van der Waals surface area contributed by atoms with Crippen LogP contribution in [0.4, 0.5) is 0 Å². The van der Waals surface area contributed by atoms with Crippen LogP contribution in [0, 0.1) is 12.3 Å². The fraction of sp³-hybridized carbons (Fsp3) is 0.562. The van der Waals surface area contributed by atoms with Crippen molar-refractivity contribution in [2.45, 2.75) is 108 Å². The zero-order valence-electron chi connectivity index (χ0n) is 24.2. The standard InChI is InChI=1S/C32H44O6Si/c1-8-15-25-26(38-39(6,7)32(2,3)4)20-27-28(36-25)29(34-21-23-16-11-9-12-17-23)30(31(33-5)37-27)35-22-24-18-13-10-14-19-24/h1,9-14,16-19,25-31H,15,20-22H2,2-7H3/t25-,26+,27-,28-,29+,30-,31+/m1/s1. The van der Waals surface area contributed by atoms with Gasteiger partial charge in [0.15, 0.2) is 14.6 Å². The molecule has 39 heavy (non-hydrogen) atoms. The van der Waals surface area contributed by atoms with E-state index in [9.17, 15) is 0 Å². The molecule has 6 nitrogen and oxygen atoms in total. The fourth-order valence-electron chi connectivity index (χ4n) is 4.97. The van der Waals surface area contributed by atoms with Crippen LogP contribution in [-0.2, 0) is 41.3 Å². The first-order chi connectivity index (χ1) is 18.6. The third kappa shape index (κ3) is 7.39. The maximum Gasteiger partial charge on any atom is 0.192 e. The van der Waals surface area contributed by atoms with E-state index in [1.165, 1.54) is 0 Å². The lowest BCUT2D eigenvalue weighted by Crippen LogP contribution is -2.65. The Morgan fingerprint density at radius 3 is 1.97 bits per heavy atom. The topological polar surface area (TPSA) is 55.4 Å². The van der Waals surface area contributed by atoms with Gasteiger partial charge < -0.3 is 28.1 Å². The Balaban J connectivity index is 1.59. The lowest BCUT2D eigenvalue weighted by Gasteiger charge is -2.52. The monoisotopic (exact) mass is 552 g/mol. The normalized spacial score (nSPS) is 29.4. The summed E-state index contributed by atoms with van der Waals surface area (Å²) in [5.74, 6) is 2.81. The Hall–Kier alpha value is -2.02. The molecule has 2 aromatic carbocycles. The third-order valence-electron chi connectivity index (χ3n) is 8.18. The zero-order chi connectivity index (χ0) is 28.0. The highest BCUT2D eigenvalue weighted by Gasteiger charge is 2.54. The lowest BCUT2D eigenvalue weighted by atomic mass is 9.89. The van der Waals surface area contributed by atoms with Crippen LogP contribution in [0.2, 0.25) is 18.1 Å². The minimum absolute atomic E-state index is 0.0603. The summed E-state index contributed by atoms with van der Waals surface area (Å²) >= 11 is 0. The van der Waals surface area contributed by atoms with Crippen LogP contribution in [0.5, 0.6) is 0 Å². The summed E-state index contributed by atoms with van der Waals surface area (Å²) in [4.78, 5) is 0. The molecule has 0 N–H and O–H groups in total. The van der Waals surface area contributed by atoms with Crippen LogP contribution in [0.15, 0.2) is 60.7 Å². The van der Waals surface area contributed by atoms with E-state index in [1.807, 2.05) is 48.5 Å². The molecule has 0 aliphatic carbocycles. The molecule has 2 saturated heterocycles. The minimum Gasteiger partial charge on any atom is -0.411 e. The summed E-state index contributed by atoms with van der Waals surface area (Å²) in [5, 5.41) is 0.0603. The van der Waals surface area contributed by atoms with Crippen LogP contribution in [0.1, 0.15) is 44.7 Å². The molecular formula is C32H44O6Si. The largest absolute Gasteiger partial charge is 0.411 e. The molecule has 0 saturated carbocycles. The average molecular weight is 553 g/mol. The van der Waals surface area contributed by atoms with Gasteiger partial charge >= 0.3 is 0 Å². The van der Waals surface area contributed by atoms with Crippen molar-refractivity contribution < 1.29 is 28.1 Å². The average Bonchev–Trinajstić information content (AvgIpc) is 2.91. The number of ether oxygens (including phenoxy) is 5. The van der Waals surface area contributed by atoms with Crippen molar-refractivity contribution in [2.75, 3.05) is 7.11 Å². The second-order valence-electron chi connectivity index (χ2n) is 12.0. The van der Waals surface area contributed by atoms with Crippen molar-refractivity contribution in [3.63, 3.8) is 0 Å². The number of hydrogen-bond acceptors (Lipinski definition) is 6. The van der Waals surface area contributed by atoms with E-state index in [2.05, 4.69) is 51.9 Å². The Morgan fingerprint density at radius 2 is 1.46 bits per heavy atom. The van der Waals surface area contributed by atoms with E-state index >= 15 is 0 Å². The van der Waals surface area contributed by atoms with E-state index in [4.69, 9.17) is 34.5 Å². The Kier molecular flexibility index (Phi) is 10.1. The van der Waals surface area contributed by atoms with Gasteiger partial charge in [0.2, 0.25) is 0 Å². The first-order valence-corrected chi connectivity index (χ1v) is 16.8. The van der Waals surface area contributed by atoms with Crippen LogP contribution in [-0.4, -0.2) is 58.3 Å². The second kappa shape index (κ2) is 13.1. The maximum absolute atomic E-state index is 6.85. The van der Waals surface area contributed by atoms with E-state index in [0.29, 0.717) is 26.1 Å². The van der Waals surface area contributed by atoms with Crippen LogP contribution >= 0.6 is 0 Å². The van der Waals surface area contributed by atoms with Gasteiger partial charge in [-0.05, 0) is 29.3 Å². The molecule has 7 atom stereocenters. The quantitative estimate of drug-likeness (QED) is 0.262. The number of fused-ring (bicyclic) bond motifs is 1. The van der Waals surface area contributed by atoms with E-state index in [1.54, 1.807) is 7.11 Å². The second-order valence-corrected chi connectivity index (χ2v) is 16.8. The van der Waals surface area contributed by atoms with Gasteiger partial charge in [-0.3, -0.25) is 0 Å². The molecule has 2 aliphatic heterocycles. The molecular weight excluding hydrogens is 508 g/mol. The van der Waals surface area contributed by atoms with Gasteiger partial charge in [-0.15, -0.1) is 12.3 Å². The zero-order valence-corrected chi connectivity index (χ0v) is 25.2. The van der Waals surface area contributed by atoms with E-state index in [0.717, 1.165) is 11.1 Å². The molecule has 7 heteroatoms. The Labute approximate surface area is 235 Å². The van der Waals surface area contributed by atoms with Gasteiger partial charge in [0, 0.05) is 20.0 Å². The molecule has 0 spiro atoms. The van der Waals surface area contributed by atoms with Crippen LogP contribution in [0.25, 0.3) is 0 Å². The van der Waals surface area contributed by atoms with Gasteiger partial charge in [0.25, 0.3) is 0 Å². The molecule has 2 fully saturated rings. The van der Waals surface area contributed by atoms with Crippen molar-refractivity contribution in [3.8, 4) is 12.3 Å². The number of rotatable bonds is 10. The van der Waals surface area contributed by atoms with Gasteiger partial charge in [0.05, 0.1) is 31.5 Å². The summed E-state index contributed by atoms with van der Waals surface area (Å²) in [6.07, 6.45) is 4.30. The predicted octanol–water partition coefficient (Wildman–Crippen LogP) is 6.10. The molecule has 0 amide bonds. The number of hydrogen-bond donors (Lipinski definition) is 0. The Bertz CT molecular complexity index is 1060. The van der Waals surface area contributed by atoms with Gasteiger partial charge in [-0.2, -0.15) is 0 Å². The highest BCUT2D eigenvalue weighted by Crippen LogP contribution is 2.42. The van der Waals surface area contributed by atoms with Crippen molar-refractivity contribution in [1.82, 2.24) is 0 Å². The molecule has 212 valence electrons. The van der Waals surface area contributed by atoms with Crippen LogP contribution in [0.3, 0.4) is 0 Å². The minimum atomic E-state index is -2.08. The van der Waals surface area contributed by atoms with E-state index in [-0.39, 0.29) is 29.5 Å². The molecule has 2 aromatic rings. The highest BCUT2D eigenvalue weighted by molar-refractivity contribution is 6.74. The van der Waals surface area contributed by atoms with Gasteiger partial charge in [-0.25, -0.2) is 0 Å². The molecule has 2 heterocycles. The summed E-state index contributed by atoms with van der Waals surface area (Å²) in [6.45, 7) is 12.0. The van der Waals surface area contributed by atoms with Gasteiger partial charge in [0.1, 0.15) is 18.3 Å². The molecule has 0 unspecified atom stereocenters. The number of terminal acetylenes is 1. The molecule has 0 radical (unpaired) electrons. The van der Waals surface area contributed by atoms with Crippen molar-refractivity contribution >= 4 is 8.32 Å². The highest BCUT2D eigenvalue weighted by atomic mass is 28.4. The fourth-order valence-corrected chi connectivity index (χ4v) is 6.32. The molecule has 4 rings (SSSR count). The number of benzene rings is 2. The SMILES string of the molecule is C#CC[C@H]1O[C@H]2[C@H](OCc3ccccc3)[C@@H](OCc3ccccc3)[C@@H](OC)O[C@@H]2C[C@@H]1O[Si](C)(C)C(C)(C)C. The lowest BCUT2D eigenvalue weighted by molar-refractivity contribution is -0.339. The third-order valence-corrected chi connectivity index (χ3v) is 12.7. The number of methoxy groups -OCH3 is 1. The summed E-state index contributed by atoms with van der Waals surface area (Å²) in [5.41, 5.74) is 2.14. The van der Waals surface area contributed by atoms with Gasteiger partial charge in [-0.1, -0.05) is 81.4 Å². The van der Waals surface area contributed by atoms with E-state index < -0.39 is 26.8 Å². The summed E-state index contributed by atoms with van der Waals surface area (Å²) in [7, 11) is -0.431. The maximum atomic E-state index is 6.85. The first kappa shape index (κ1) is 29.9.